The summed E-state index contributed by atoms with van der Waals surface area (Å²) >= 11 is 0. The van der Waals surface area contributed by atoms with Gasteiger partial charge in [-0.3, -0.25) is 0 Å². The lowest BCUT2D eigenvalue weighted by Crippen LogP contribution is -1.88. The average molecular weight is 256 g/mol. The van der Waals surface area contributed by atoms with Crippen LogP contribution in [0.15, 0.2) is 48.5 Å². The molecule has 0 bridgehead atoms. The van der Waals surface area contributed by atoms with Crippen LogP contribution in [0, 0.1) is 0 Å². The van der Waals surface area contributed by atoms with E-state index in [-0.39, 0.29) is 12.2 Å². The Kier molecular flexibility index (Phi) is 3.13. The molecule has 19 heavy (non-hydrogen) atoms. The third-order valence-corrected chi connectivity index (χ3v) is 3.34. The van der Waals surface area contributed by atoms with Gasteiger partial charge in [-0.1, -0.05) is 24.3 Å². The molecular formula is C16H16O3. The van der Waals surface area contributed by atoms with Gasteiger partial charge in [0.2, 0.25) is 0 Å². The maximum atomic E-state index is 5.78. The van der Waals surface area contributed by atoms with Gasteiger partial charge >= 0.3 is 0 Å². The molecule has 1 fully saturated rings. The Bertz CT molecular complexity index is 528. The molecule has 98 valence electrons. The monoisotopic (exact) mass is 256 g/mol. The molecule has 0 amide bonds. The third-order valence-electron chi connectivity index (χ3n) is 3.34. The van der Waals surface area contributed by atoms with Gasteiger partial charge in [-0.15, -0.1) is 0 Å². The molecule has 0 aromatic heterocycles. The molecule has 0 spiro atoms. The second-order valence-corrected chi connectivity index (χ2v) is 4.53. The van der Waals surface area contributed by atoms with Crippen molar-refractivity contribution >= 4 is 0 Å². The summed E-state index contributed by atoms with van der Waals surface area (Å²) in [6.45, 7) is 0. The number of epoxide rings is 1. The van der Waals surface area contributed by atoms with Crippen LogP contribution in [0.3, 0.4) is 0 Å². The summed E-state index contributed by atoms with van der Waals surface area (Å²) in [4.78, 5) is 0. The van der Waals surface area contributed by atoms with Crippen LogP contribution in [0.5, 0.6) is 11.5 Å². The molecule has 1 saturated heterocycles. The summed E-state index contributed by atoms with van der Waals surface area (Å²) in [6, 6.07) is 16.0. The zero-order chi connectivity index (χ0) is 13.2. The Morgan fingerprint density at radius 3 is 1.68 bits per heavy atom. The number of methoxy groups -OCH3 is 2. The van der Waals surface area contributed by atoms with Crippen LogP contribution in [0.2, 0.25) is 0 Å². The molecule has 2 aromatic rings. The molecule has 1 aliphatic heterocycles. The van der Waals surface area contributed by atoms with E-state index in [0.717, 1.165) is 22.6 Å². The van der Waals surface area contributed by atoms with E-state index >= 15 is 0 Å². The second kappa shape index (κ2) is 4.94. The molecule has 1 aliphatic rings. The highest BCUT2D eigenvalue weighted by atomic mass is 16.6. The van der Waals surface area contributed by atoms with Crippen molar-refractivity contribution < 1.29 is 14.2 Å². The van der Waals surface area contributed by atoms with Crippen LogP contribution in [0.1, 0.15) is 23.3 Å². The minimum Gasteiger partial charge on any atom is -0.497 e. The van der Waals surface area contributed by atoms with Crippen molar-refractivity contribution in [3.63, 3.8) is 0 Å². The first-order valence-electron chi connectivity index (χ1n) is 6.25. The van der Waals surface area contributed by atoms with Crippen LogP contribution < -0.4 is 9.47 Å². The van der Waals surface area contributed by atoms with E-state index in [1.54, 1.807) is 14.2 Å². The lowest BCUT2D eigenvalue weighted by Gasteiger charge is -2.03. The fourth-order valence-corrected chi connectivity index (χ4v) is 2.26. The number of benzene rings is 2. The van der Waals surface area contributed by atoms with Gasteiger partial charge < -0.3 is 14.2 Å². The first-order valence-corrected chi connectivity index (χ1v) is 6.25. The van der Waals surface area contributed by atoms with Crippen molar-refractivity contribution in [2.45, 2.75) is 12.2 Å². The molecular weight excluding hydrogens is 240 g/mol. The Hall–Kier alpha value is -2.00. The van der Waals surface area contributed by atoms with E-state index in [9.17, 15) is 0 Å². The zero-order valence-corrected chi connectivity index (χ0v) is 11.0. The van der Waals surface area contributed by atoms with E-state index in [2.05, 4.69) is 12.1 Å². The van der Waals surface area contributed by atoms with Gasteiger partial charge in [0.15, 0.2) is 0 Å². The lowest BCUT2D eigenvalue weighted by molar-refractivity contribution is 0.374. The molecule has 0 saturated carbocycles. The maximum Gasteiger partial charge on any atom is 0.119 e. The Morgan fingerprint density at radius 1 is 0.789 bits per heavy atom. The zero-order valence-electron chi connectivity index (χ0n) is 11.0. The quantitative estimate of drug-likeness (QED) is 0.784. The Labute approximate surface area is 112 Å². The van der Waals surface area contributed by atoms with Crippen molar-refractivity contribution in [1.29, 1.82) is 0 Å². The highest BCUT2D eigenvalue weighted by Crippen LogP contribution is 2.51. The summed E-state index contributed by atoms with van der Waals surface area (Å²) in [7, 11) is 3.35. The van der Waals surface area contributed by atoms with Gasteiger partial charge in [-0.05, 0) is 35.4 Å². The molecule has 2 aromatic carbocycles. The number of ether oxygens (including phenoxy) is 3. The molecule has 0 aliphatic carbocycles. The predicted octanol–water partition coefficient (Wildman–Crippen LogP) is 3.52. The van der Waals surface area contributed by atoms with Crippen molar-refractivity contribution in [2.75, 3.05) is 14.2 Å². The first kappa shape index (κ1) is 12.1. The molecule has 3 rings (SSSR count). The van der Waals surface area contributed by atoms with E-state index in [1.807, 2.05) is 36.4 Å². The van der Waals surface area contributed by atoms with Crippen molar-refractivity contribution in [1.82, 2.24) is 0 Å². The average Bonchev–Trinajstić information content (AvgIpc) is 3.28. The van der Waals surface area contributed by atoms with Gasteiger partial charge in [0.1, 0.15) is 23.7 Å². The largest absolute Gasteiger partial charge is 0.497 e. The topological polar surface area (TPSA) is 31.0 Å². The summed E-state index contributed by atoms with van der Waals surface area (Å²) in [5, 5.41) is 0. The molecule has 0 radical (unpaired) electrons. The molecule has 3 nitrogen and oxygen atoms in total. The van der Waals surface area contributed by atoms with Crippen LogP contribution >= 0.6 is 0 Å². The summed E-state index contributed by atoms with van der Waals surface area (Å²) in [5.41, 5.74) is 2.29. The van der Waals surface area contributed by atoms with Crippen molar-refractivity contribution in [2.24, 2.45) is 0 Å². The number of hydrogen-bond donors (Lipinski definition) is 0. The summed E-state index contributed by atoms with van der Waals surface area (Å²) < 4.78 is 16.2. The molecule has 0 N–H and O–H groups in total. The van der Waals surface area contributed by atoms with Gasteiger partial charge in [0.25, 0.3) is 0 Å². The standard InChI is InChI=1S/C16H16O3/c1-17-13-7-3-5-11(9-13)15-16(19-15)12-6-4-8-14(10-12)18-2/h3-10,15-16H,1-2H3/t15-,16+. The van der Waals surface area contributed by atoms with Crippen molar-refractivity contribution in [3.05, 3.63) is 59.7 Å². The Balaban J connectivity index is 1.79. The predicted molar refractivity (Wildman–Crippen MR) is 72.6 cm³/mol. The van der Waals surface area contributed by atoms with Crippen LogP contribution in [0.4, 0.5) is 0 Å². The summed E-state index contributed by atoms with van der Waals surface area (Å²) in [5.74, 6) is 1.72. The molecule has 3 heteroatoms. The van der Waals surface area contributed by atoms with Gasteiger partial charge in [-0.25, -0.2) is 0 Å². The first-order chi connectivity index (χ1) is 9.31. The SMILES string of the molecule is COc1cccc([C@H]2O[C@H]2c2cccc(OC)c2)c1. The number of rotatable bonds is 4. The smallest absolute Gasteiger partial charge is 0.119 e. The van der Waals surface area contributed by atoms with Gasteiger partial charge in [-0.2, -0.15) is 0 Å². The van der Waals surface area contributed by atoms with Crippen LogP contribution in [-0.2, 0) is 4.74 Å². The highest BCUT2D eigenvalue weighted by Gasteiger charge is 2.41. The minimum atomic E-state index is 0.113. The van der Waals surface area contributed by atoms with E-state index < -0.39 is 0 Å². The number of hydrogen-bond acceptors (Lipinski definition) is 3. The fourth-order valence-electron chi connectivity index (χ4n) is 2.26. The fraction of sp³-hybridized carbons (Fsp3) is 0.250. The van der Waals surface area contributed by atoms with E-state index in [0.29, 0.717) is 0 Å². The third kappa shape index (κ3) is 2.42. The van der Waals surface area contributed by atoms with Gasteiger partial charge in [0, 0.05) is 0 Å². The Morgan fingerprint density at radius 2 is 1.26 bits per heavy atom. The minimum absolute atomic E-state index is 0.113. The molecule has 0 unspecified atom stereocenters. The van der Waals surface area contributed by atoms with Crippen molar-refractivity contribution in [3.8, 4) is 11.5 Å². The maximum absolute atomic E-state index is 5.78. The molecule has 1 heterocycles. The van der Waals surface area contributed by atoms with Gasteiger partial charge in [0.05, 0.1) is 14.2 Å². The van der Waals surface area contributed by atoms with E-state index in [1.165, 1.54) is 0 Å². The highest BCUT2D eigenvalue weighted by molar-refractivity contribution is 5.37. The normalized spacial score (nSPS) is 20.9. The van der Waals surface area contributed by atoms with Crippen LogP contribution in [-0.4, -0.2) is 14.2 Å². The summed E-state index contributed by atoms with van der Waals surface area (Å²) in [6.07, 6.45) is 0.226. The molecule has 2 atom stereocenters. The van der Waals surface area contributed by atoms with E-state index in [4.69, 9.17) is 14.2 Å². The lowest BCUT2D eigenvalue weighted by atomic mass is 10.0. The van der Waals surface area contributed by atoms with Crippen LogP contribution in [0.25, 0.3) is 0 Å². The second-order valence-electron chi connectivity index (χ2n) is 4.53.